The summed E-state index contributed by atoms with van der Waals surface area (Å²) in [7, 11) is 0. The molecule has 0 radical (unpaired) electrons. The van der Waals surface area contributed by atoms with Gasteiger partial charge in [0.25, 0.3) is 0 Å². The van der Waals surface area contributed by atoms with Crippen molar-refractivity contribution in [3.05, 3.63) is 48.6 Å². The lowest BCUT2D eigenvalue weighted by molar-refractivity contribution is -0.143. The average Bonchev–Trinajstić information content (AvgIpc) is 3.36. The highest BCUT2D eigenvalue weighted by Gasteiger charge is 2.18. The molecule has 6 heteroatoms. The van der Waals surface area contributed by atoms with Crippen LogP contribution in [0, 0.1) is 0 Å². The fraction of sp³-hybridized carbons (Fsp3) is 0.844. The van der Waals surface area contributed by atoms with Crippen molar-refractivity contribution >= 4 is 11.9 Å². The van der Waals surface area contributed by atoms with E-state index in [0.29, 0.717) is 19.4 Å². The molecule has 0 spiro atoms. The predicted octanol–water partition coefficient (Wildman–Crippen LogP) is 19.4. The van der Waals surface area contributed by atoms with Crippen molar-refractivity contribution in [1.29, 1.82) is 0 Å². The Balaban J connectivity index is 3.55. The number of amides is 1. The molecule has 3 N–H and O–H groups in total. The number of hydrogen-bond donors (Lipinski definition) is 3. The molecule has 0 bridgehead atoms. The van der Waals surface area contributed by atoms with Gasteiger partial charge in [-0.05, 0) is 89.9 Å². The first-order chi connectivity index (χ1) is 34.5. The minimum Gasteiger partial charge on any atom is -0.466 e. The van der Waals surface area contributed by atoms with Gasteiger partial charge in [-0.25, -0.2) is 0 Å². The second-order valence-corrected chi connectivity index (χ2v) is 21.1. The van der Waals surface area contributed by atoms with Crippen LogP contribution in [0.4, 0.5) is 0 Å². The van der Waals surface area contributed by atoms with Crippen LogP contribution in [0.25, 0.3) is 0 Å². The van der Waals surface area contributed by atoms with Gasteiger partial charge in [-0.15, -0.1) is 0 Å². The molecule has 0 saturated carbocycles. The second kappa shape index (κ2) is 59.4. The van der Waals surface area contributed by atoms with Crippen LogP contribution >= 0.6 is 0 Å². The Kier molecular flexibility index (Phi) is 57.5. The minimum absolute atomic E-state index is 0.0313. The smallest absolute Gasteiger partial charge is 0.305 e. The summed E-state index contributed by atoms with van der Waals surface area (Å²) < 4.78 is 5.44. The third-order valence-corrected chi connectivity index (χ3v) is 14.1. The fourth-order valence-corrected chi connectivity index (χ4v) is 9.33. The van der Waals surface area contributed by atoms with Crippen LogP contribution in [-0.4, -0.2) is 47.4 Å². The molecule has 0 aromatic carbocycles. The van der Waals surface area contributed by atoms with Gasteiger partial charge >= 0.3 is 5.97 Å². The minimum atomic E-state index is -0.861. The number of aliphatic hydroxyl groups is 2. The molecule has 0 aliphatic carbocycles. The molecule has 0 aliphatic heterocycles. The van der Waals surface area contributed by atoms with E-state index in [4.69, 9.17) is 4.74 Å². The van der Waals surface area contributed by atoms with E-state index >= 15 is 0 Å². The summed E-state index contributed by atoms with van der Waals surface area (Å²) in [4.78, 5) is 24.5. The number of carbonyl (C=O) groups excluding carboxylic acids is 2. The Morgan fingerprint density at radius 1 is 0.400 bits per heavy atom. The van der Waals surface area contributed by atoms with E-state index in [1.54, 1.807) is 6.08 Å². The van der Waals surface area contributed by atoms with Gasteiger partial charge in [-0.2, -0.15) is 0 Å². The van der Waals surface area contributed by atoms with Crippen molar-refractivity contribution in [1.82, 2.24) is 5.32 Å². The van der Waals surface area contributed by atoms with Crippen molar-refractivity contribution in [3.8, 4) is 0 Å². The van der Waals surface area contributed by atoms with Gasteiger partial charge in [0.1, 0.15) is 0 Å². The van der Waals surface area contributed by atoms with Crippen LogP contribution in [0.5, 0.6) is 0 Å². The van der Waals surface area contributed by atoms with Gasteiger partial charge in [-0.1, -0.05) is 268 Å². The molecule has 0 aromatic heterocycles. The fourth-order valence-electron chi connectivity index (χ4n) is 9.33. The number of unbranched alkanes of at least 4 members (excludes halogenated alkanes) is 41. The number of carbonyl (C=O) groups is 2. The molecule has 0 aromatic rings. The van der Waals surface area contributed by atoms with Crippen LogP contribution in [0.1, 0.15) is 322 Å². The number of nitrogens with one attached hydrogen (secondary N) is 1. The zero-order valence-corrected chi connectivity index (χ0v) is 46.7. The number of esters is 1. The summed E-state index contributed by atoms with van der Waals surface area (Å²) >= 11 is 0. The topological polar surface area (TPSA) is 95.9 Å². The Morgan fingerprint density at radius 2 is 0.714 bits per heavy atom. The van der Waals surface area contributed by atoms with E-state index in [1.165, 1.54) is 218 Å². The monoisotopic (exact) mass is 982 g/mol. The quantitative estimate of drug-likeness (QED) is 0.0244. The third kappa shape index (κ3) is 55.1. The van der Waals surface area contributed by atoms with Crippen molar-refractivity contribution in [3.63, 3.8) is 0 Å². The van der Waals surface area contributed by atoms with Gasteiger partial charge in [-0.3, -0.25) is 9.59 Å². The number of ether oxygens (including phenoxy) is 1. The Hall–Kier alpha value is -2.18. The molecular weight excluding hydrogens is 863 g/mol. The SMILES string of the molecule is CCCCCCC/C=C\CCCCCCCC(=O)OCCCCC/C=C\C=C/CCCCCCCCC(=O)NC(CO)C(O)/C=C/CCCCCCCCCCCCCCCCCCCCCCCC. The molecule has 6 nitrogen and oxygen atoms in total. The maximum atomic E-state index is 12.5. The Labute approximate surface area is 436 Å². The van der Waals surface area contributed by atoms with E-state index in [1.807, 2.05) is 6.08 Å². The van der Waals surface area contributed by atoms with E-state index in [2.05, 4.69) is 55.6 Å². The number of rotatable bonds is 57. The first kappa shape index (κ1) is 67.8. The van der Waals surface area contributed by atoms with Crippen molar-refractivity contribution < 1.29 is 24.5 Å². The predicted molar refractivity (Wildman–Crippen MR) is 306 cm³/mol. The molecule has 410 valence electrons. The molecule has 0 saturated heterocycles. The molecule has 70 heavy (non-hydrogen) atoms. The Bertz CT molecular complexity index is 1180. The maximum absolute atomic E-state index is 12.5. The second-order valence-electron chi connectivity index (χ2n) is 21.1. The van der Waals surface area contributed by atoms with Gasteiger partial charge in [0.2, 0.25) is 5.91 Å². The van der Waals surface area contributed by atoms with E-state index in [-0.39, 0.29) is 18.5 Å². The highest BCUT2D eigenvalue weighted by molar-refractivity contribution is 5.76. The highest BCUT2D eigenvalue weighted by Crippen LogP contribution is 2.17. The largest absolute Gasteiger partial charge is 0.466 e. The Morgan fingerprint density at radius 3 is 1.10 bits per heavy atom. The highest BCUT2D eigenvalue weighted by atomic mass is 16.5. The molecule has 2 unspecified atom stereocenters. The normalized spacial score (nSPS) is 12.9. The number of aliphatic hydroxyl groups excluding tert-OH is 2. The summed E-state index contributed by atoms with van der Waals surface area (Å²) in [5, 5.41) is 23.2. The molecular formula is C64H119NO5. The zero-order chi connectivity index (χ0) is 50.7. The zero-order valence-electron chi connectivity index (χ0n) is 46.7. The van der Waals surface area contributed by atoms with Crippen LogP contribution in [0.15, 0.2) is 48.6 Å². The third-order valence-electron chi connectivity index (χ3n) is 14.1. The molecule has 0 aliphatic rings. The van der Waals surface area contributed by atoms with E-state index in [9.17, 15) is 19.8 Å². The average molecular weight is 983 g/mol. The van der Waals surface area contributed by atoms with Crippen molar-refractivity contribution in [2.24, 2.45) is 0 Å². The first-order valence-corrected chi connectivity index (χ1v) is 30.9. The lowest BCUT2D eigenvalue weighted by Gasteiger charge is -2.20. The summed E-state index contributed by atoms with van der Waals surface area (Å²) in [6.45, 7) is 4.85. The lowest BCUT2D eigenvalue weighted by atomic mass is 10.0. The van der Waals surface area contributed by atoms with Crippen LogP contribution < -0.4 is 5.32 Å². The van der Waals surface area contributed by atoms with E-state index < -0.39 is 12.1 Å². The number of allylic oxidation sites excluding steroid dienone is 7. The van der Waals surface area contributed by atoms with Gasteiger partial charge in [0.15, 0.2) is 0 Å². The van der Waals surface area contributed by atoms with Crippen molar-refractivity contribution in [2.75, 3.05) is 13.2 Å². The van der Waals surface area contributed by atoms with Gasteiger partial charge in [0.05, 0.1) is 25.4 Å². The molecule has 2 atom stereocenters. The van der Waals surface area contributed by atoms with Crippen LogP contribution in [-0.2, 0) is 14.3 Å². The van der Waals surface area contributed by atoms with Crippen molar-refractivity contribution in [2.45, 2.75) is 334 Å². The maximum Gasteiger partial charge on any atom is 0.305 e. The van der Waals surface area contributed by atoms with Gasteiger partial charge in [0, 0.05) is 12.8 Å². The van der Waals surface area contributed by atoms with E-state index in [0.717, 1.165) is 77.0 Å². The lowest BCUT2D eigenvalue weighted by Crippen LogP contribution is -2.45. The van der Waals surface area contributed by atoms with Gasteiger partial charge < -0.3 is 20.3 Å². The molecule has 0 heterocycles. The summed E-state index contributed by atoms with van der Waals surface area (Å²) in [5.74, 6) is -0.120. The van der Waals surface area contributed by atoms with Crippen LogP contribution in [0.3, 0.4) is 0 Å². The summed E-state index contributed by atoms with van der Waals surface area (Å²) in [6, 6.07) is -0.647. The molecule has 1 amide bonds. The standard InChI is InChI=1S/C64H119NO5/c1-3-5-7-9-11-13-15-17-19-20-21-22-23-24-25-26-27-29-32-36-40-44-48-52-56-62(67)61(60-66)65-63(68)57-53-49-45-41-37-33-30-28-31-35-39-43-47-51-55-59-70-64(69)58-54-50-46-42-38-34-18-16-14-12-10-8-6-4-2/h16,18,28,31,35,39,52,56,61-62,66-67H,3-15,17,19-27,29-30,32-34,36-38,40-51,53-55,57-60H2,1-2H3,(H,65,68)/b18-16-,31-28-,39-35-,56-52+. The first-order valence-electron chi connectivity index (χ1n) is 30.9. The summed E-state index contributed by atoms with van der Waals surface area (Å²) in [6.07, 6.45) is 75.8. The van der Waals surface area contributed by atoms with Crippen LogP contribution in [0.2, 0.25) is 0 Å². The molecule has 0 rings (SSSR count). The number of hydrogen-bond acceptors (Lipinski definition) is 5. The summed E-state index contributed by atoms with van der Waals surface area (Å²) in [5.41, 5.74) is 0. The molecule has 0 fully saturated rings.